The Kier molecular flexibility index (Phi) is 5.57. The first-order valence-corrected chi connectivity index (χ1v) is 6.90. The number of hydrogen-bond acceptors (Lipinski definition) is 4. The van der Waals surface area contributed by atoms with Gasteiger partial charge >= 0.3 is 12.1 Å². The van der Waals surface area contributed by atoms with Gasteiger partial charge in [-0.25, -0.2) is 4.79 Å². The number of nitrogens with zero attached hydrogens (tertiary/aromatic N) is 1. The van der Waals surface area contributed by atoms with Crippen LogP contribution in [0.4, 0.5) is 4.79 Å². The number of aliphatic carboxylic acids is 1. The highest BCUT2D eigenvalue weighted by Gasteiger charge is 2.25. The second-order valence-electron chi connectivity index (χ2n) is 5.02. The molecule has 1 atom stereocenters. The molecule has 0 spiro atoms. The second-order valence-corrected chi connectivity index (χ2v) is 5.02. The zero-order valence-electron chi connectivity index (χ0n) is 11.7. The fourth-order valence-electron chi connectivity index (χ4n) is 2.23. The zero-order chi connectivity index (χ0) is 15.1. The summed E-state index contributed by atoms with van der Waals surface area (Å²) < 4.78 is 10.6. The summed E-state index contributed by atoms with van der Waals surface area (Å²) >= 11 is 0. The lowest BCUT2D eigenvalue weighted by Gasteiger charge is -2.22. The molecule has 1 saturated heterocycles. The average molecular weight is 293 g/mol. The highest BCUT2D eigenvalue weighted by atomic mass is 16.6. The number of carboxylic acid groups (broad SMARTS) is 1. The predicted molar refractivity (Wildman–Crippen MR) is 74.8 cm³/mol. The minimum absolute atomic E-state index is 0.0114. The largest absolute Gasteiger partial charge is 0.481 e. The van der Waals surface area contributed by atoms with Gasteiger partial charge in [0.05, 0.1) is 19.6 Å². The van der Waals surface area contributed by atoms with E-state index in [1.807, 2.05) is 30.3 Å². The van der Waals surface area contributed by atoms with Crippen molar-refractivity contribution in [1.29, 1.82) is 0 Å². The second kappa shape index (κ2) is 7.64. The van der Waals surface area contributed by atoms with Crippen molar-refractivity contribution in [3.63, 3.8) is 0 Å². The average Bonchev–Trinajstić information content (AvgIpc) is 2.71. The van der Waals surface area contributed by atoms with E-state index in [1.54, 1.807) is 0 Å². The minimum Gasteiger partial charge on any atom is -0.481 e. The van der Waals surface area contributed by atoms with E-state index >= 15 is 0 Å². The fraction of sp³-hybridized carbons (Fsp3) is 0.467. The van der Waals surface area contributed by atoms with Gasteiger partial charge in [0, 0.05) is 19.0 Å². The summed E-state index contributed by atoms with van der Waals surface area (Å²) in [7, 11) is 0. The Hall–Kier alpha value is -2.08. The molecular weight excluding hydrogens is 274 g/mol. The third-order valence-electron chi connectivity index (χ3n) is 3.26. The van der Waals surface area contributed by atoms with Crippen molar-refractivity contribution in [2.24, 2.45) is 5.92 Å². The molecule has 6 nitrogen and oxygen atoms in total. The van der Waals surface area contributed by atoms with Gasteiger partial charge in [0.25, 0.3) is 0 Å². The molecule has 6 heteroatoms. The van der Waals surface area contributed by atoms with Crippen LogP contribution in [0, 0.1) is 5.92 Å². The number of rotatable bonds is 4. The van der Waals surface area contributed by atoms with Crippen molar-refractivity contribution in [1.82, 2.24) is 4.90 Å². The Morgan fingerprint density at radius 2 is 2.10 bits per heavy atom. The first-order chi connectivity index (χ1) is 10.1. The van der Waals surface area contributed by atoms with Gasteiger partial charge in [-0.3, -0.25) is 4.79 Å². The van der Waals surface area contributed by atoms with Gasteiger partial charge in [0.15, 0.2) is 0 Å². The van der Waals surface area contributed by atoms with Gasteiger partial charge in [-0.2, -0.15) is 0 Å². The first kappa shape index (κ1) is 15.3. The first-order valence-electron chi connectivity index (χ1n) is 6.90. The summed E-state index contributed by atoms with van der Waals surface area (Å²) in [4.78, 5) is 24.4. The predicted octanol–water partition coefficient (Wildman–Crippen LogP) is 1.75. The van der Waals surface area contributed by atoms with Crippen molar-refractivity contribution in [3.8, 4) is 0 Å². The molecule has 0 aromatic heterocycles. The Balaban J connectivity index is 1.86. The van der Waals surface area contributed by atoms with Gasteiger partial charge in [-0.05, 0) is 5.56 Å². The quantitative estimate of drug-likeness (QED) is 0.915. The molecule has 1 amide bonds. The van der Waals surface area contributed by atoms with Crippen LogP contribution in [0.1, 0.15) is 12.0 Å². The van der Waals surface area contributed by atoms with Crippen LogP contribution in [0.25, 0.3) is 0 Å². The molecule has 0 radical (unpaired) electrons. The highest BCUT2D eigenvalue weighted by Crippen LogP contribution is 2.13. The maximum atomic E-state index is 12.1. The molecule has 0 saturated carbocycles. The maximum Gasteiger partial charge on any atom is 0.410 e. The van der Waals surface area contributed by atoms with Crippen LogP contribution in [0.15, 0.2) is 30.3 Å². The van der Waals surface area contributed by atoms with Gasteiger partial charge in [-0.1, -0.05) is 30.3 Å². The van der Waals surface area contributed by atoms with Crippen molar-refractivity contribution >= 4 is 12.1 Å². The Morgan fingerprint density at radius 3 is 2.81 bits per heavy atom. The topological polar surface area (TPSA) is 76.1 Å². The molecule has 1 aliphatic heterocycles. The molecule has 1 N–H and O–H groups in total. The van der Waals surface area contributed by atoms with E-state index in [4.69, 9.17) is 14.6 Å². The lowest BCUT2D eigenvalue weighted by molar-refractivity contribution is -0.138. The number of ether oxygens (including phenoxy) is 2. The van der Waals surface area contributed by atoms with E-state index in [0.717, 1.165) is 5.56 Å². The van der Waals surface area contributed by atoms with Crippen LogP contribution in [0.2, 0.25) is 0 Å². The fourth-order valence-corrected chi connectivity index (χ4v) is 2.23. The molecule has 1 fully saturated rings. The summed E-state index contributed by atoms with van der Waals surface area (Å²) in [6.07, 6.45) is -0.442. The third kappa shape index (κ3) is 5.07. The molecule has 1 aromatic carbocycles. The molecule has 114 valence electrons. The molecule has 0 aliphatic carbocycles. The van der Waals surface area contributed by atoms with Gasteiger partial charge in [0.1, 0.15) is 6.61 Å². The number of amides is 1. The van der Waals surface area contributed by atoms with E-state index in [0.29, 0.717) is 26.3 Å². The van der Waals surface area contributed by atoms with Gasteiger partial charge in [0.2, 0.25) is 0 Å². The monoisotopic (exact) mass is 293 g/mol. The Morgan fingerprint density at radius 1 is 1.33 bits per heavy atom. The molecule has 0 bridgehead atoms. The number of hydrogen-bond donors (Lipinski definition) is 1. The van der Waals surface area contributed by atoms with E-state index < -0.39 is 12.1 Å². The SMILES string of the molecule is O=C(O)CC1COCCN(C(=O)OCc2ccccc2)C1. The van der Waals surface area contributed by atoms with Crippen LogP contribution in [0.5, 0.6) is 0 Å². The standard InChI is InChI=1S/C15H19NO5/c17-14(18)8-13-9-16(6-7-20-10-13)15(19)21-11-12-4-2-1-3-5-12/h1-5,13H,6-11H2,(H,17,18). The van der Waals surface area contributed by atoms with Crippen LogP contribution in [0.3, 0.4) is 0 Å². The van der Waals surface area contributed by atoms with Crippen molar-refractivity contribution in [2.45, 2.75) is 13.0 Å². The summed E-state index contributed by atoms with van der Waals surface area (Å²) in [6, 6.07) is 9.42. The lowest BCUT2D eigenvalue weighted by atomic mass is 10.1. The van der Waals surface area contributed by atoms with E-state index in [-0.39, 0.29) is 18.9 Å². The Bertz CT molecular complexity index is 476. The molecule has 1 heterocycles. The van der Waals surface area contributed by atoms with Crippen molar-refractivity contribution in [3.05, 3.63) is 35.9 Å². The summed E-state index contributed by atoms with van der Waals surface area (Å²) in [5, 5.41) is 8.84. The minimum atomic E-state index is -0.886. The number of carbonyl (C=O) groups excluding carboxylic acids is 1. The van der Waals surface area contributed by atoms with E-state index in [2.05, 4.69) is 0 Å². The molecule has 1 aliphatic rings. The van der Waals surface area contributed by atoms with Gasteiger partial charge < -0.3 is 19.5 Å². The van der Waals surface area contributed by atoms with Crippen LogP contribution >= 0.6 is 0 Å². The number of carbonyl (C=O) groups is 2. The van der Waals surface area contributed by atoms with E-state index in [9.17, 15) is 9.59 Å². The molecular formula is C15H19NO5. The Labute approximate surface area is 123 Å². The normalized spacial score (nSPS) is 18.9. The maximum absolute atomic E-state index is 12.1. The van der Waals surface area contributed by atoms with Crippen molar-refractivity contribution in [2.75, 3.05) is 26.3 Å². The summed E-state index contributed by atoms with van der Waals surface area (Å²) in [5.41, 5.74) is 0.916. The molecule has 21 heavy (non-hydrogen) atoms. The zero-order valence-corrected chi connectivity index (χ0v) is 11.7. The third-order valence-corrected chi connectivity index (χ3v) is 3.26. The summed E-state index contributed by atoms with van der Waals surface area (Å²) in [5.74, 6) is -1.09. The lowest BCUT2D eigenvalue weighted by Crippen LogP contribution is -2.36. The number of carboxylic acids is 1. The summed E-state index contributed by atoms with van der Waals surface area (Å²) in [6.45, 7) is 1.73. The smallest absolute Gasteiger partial charge is 0.410 e. The van der Waals surface area contributed by atoms with Gasteiger partial charge in [-0.15, -0.1) is 0 Å². The van der Waals surface area contributed by atoms with Crippen LogP contribution in [-0.2, 0) is 20.9 Å². The van der Waals surface area contributed by atoms with E-state index in [1.165, 1.54) is 4.90 Å². The van der Waals surface area contributed by atoms with Crippen molar-refractivity contribution < 1.29 is 24.2 Å². The highest BCUT2D eigenvalue weighted by molar-refractivity contribution is 5.69. The van der Waals surface area contributed by atoms with Crippen LogP contribution in [-0.4, -0.2) is 48.4 Å². The molecule has 1 aromatic rings. The van der Waals surface area contributed by atoms with Crippen LogP contribution < -0.4 is 0 Å². The number of benzene rings is 1. The molecule has 1 unspecified atom stereocenters. The molecule has 2 rings (SSSR count).